The van der Waals surface area contributed by atoms with E-state index in [1.54, 1.807) is 6.33 Å². The average molecular weight is 176 g/mol. The SMILES string of the molecule is CC(C)Cn1cnc(N)c1.Cl. The van der Waals surface area contributed by atoms with Crippen LogP contribution in [0, 0.1) is 5.92 Å². The summed E-state index contributed by atoms with van der Waals surface area (Å²) in [7, 11) is 0. The lowest BCUT2D eigenvalue weighted by molar-refractivity contribution is 0.523. The second-order valence-corrected chi connectivity index (χ2v) is 2.89. The van der Waals surface area contributed by atoms with Crippen molar-refractivity contribution in [3.05, 3.63) is 12.5 Å². The van der Waals surface area contributed by atoms with E-state index in [0.717, 1.165) is 6.54 Å². The molecule has 0 fully saturated rings. The van der Waals surface area contributed by atoms with Crippen LogP contribution in [0.15, 0.2) is 12.5 Å². The van der Waals surface area contributed by atoms with E-state index in [-0.39, 0.29) is 12.4 Å². The van der Waals surface area contributed by atoms with Crippen LogP contribution in [-0.4, -0.2) is 9.55 Å². The van der Waals surface area contributed by atoms with Gasteiger partial charge in [-0.15, -0.1) is 12.4 Å². The number of nitrogen functional groups attached to an aromatic ring is 1. The Labute approximate surface area is 73.0 Å². The number of rotatable bonds is 2. The van der Waals surface area contributed by atoms with Gasteiger partial charge in [-0.25, -0.2) is 4.98 Å². The van der Waals surface area contributed by atoms with Crippen LogP contribution in [0.1, 0.15) is 13.8 Å². The van der Waals surface area contributed by atoms with Gasteiger partial charge < -0.3 is 10.3 Å². The highest BCUT2D eigenvalue weighted by molar-refractivity contribution is 5.85. The Bertz CT molecular complexity index is 207. The first-order valence-electron chi connectivity index (χ1n) is 3.45. The first kappa shape index (κ1) is 10.3. The number of aromatic nitrogens is 2. The fourth-order valence-electron chi connectivity index (χ4n) is 0.899. The summed E-state index contributed by atoms with van der Waals surface area (Å²) in [6, 6.07) is 0. The van der Waals surface area contributed by atoms with E-state index >= 15 is 0 Å². The van der Waals surface area contributed by atoms with Crippen molar-refractivity contribution >= 4 is 18.2 Å². The highest BCUT2D eigenvalue weighted by atomic mass is 35.5. The van der Waals surface area contributed by atoms with Crippen molar-refractivity contribution in [3.8, 4) is 0 Å². The lowest BCUT2D eigenvalue weighted by atomic mass is 10.2. The van der Waals surface area contributed by atoms with Gasteiger partial charge in [0.25, 0.3) is 0 Å². The number of anilines is 1. The largest absolute Gasteiger partial charge is 0.382 e. The minimum Gasteiger partial charge on any atom is -0.382 e. The molecule has 1 aromatic rings. The maximum absolute atomic E-state index is 5.42. The third-order valence-electron chi connectivity index (χ3n) is 1.23. The minimum absolute atomic E-state index is 0. The summed E-state index contributed by atoms with van der Waals surface area (Å²) in [6.07, 6.45) is 3.61. The van der Waals surface area contributed by atoms with Gasteiger partial charge in [0.1, 0.15) is 5.82 Å². The zero-order chi connectivity index (χ0) is 7.56. The third kappa shape index (κ3) is 3.28. The standard InChI is InChI=1S/C7H13N3.ClH/c1-6(2)3-10-4-7(8)9-5-10;/h4-6H,3,8H2,1-2H3;1H. The van der Waals surface area contributed by atoms with Crippen molar-refractivity contribution in [2.45, 2.75) is 20.4 Å². The van der Waals surface area contributed by atoms with Crippen LogP contribution in [0.2, 0.25) is 0 Å². The number of hydrogen-bond acceptors (Lipinski definition) is 2. The molecule has 0 aromatic carbocycles. The molecule has 11 heavy (non-hydrogen) atoms. The normalized spacial score (nSPS) is 9.73. The van der Waals surface area contributed by atoms with E-state index in [1.807, 2.05) is 10.8 Å². The van der Waals surface area contributed by atoms with Crippen molar-refractivity contribution < 1.29 is 0 Å². The summed E-state index contributed by atoms with van der Waals surface area (Å²) in [6.45, 7) is 5.32. The summed E-state index contributed by atoms with van der Waals surface area (Å²) in [4.78, 5) is 3.91. The smallest absolute Gasteiger partial charge is 0.141 e. The minimum atomic E-state index is 0. The number of hydrogen-bond donors (Lipinski definition) is 1. The molecule has 0 aliphatic rings. The molecule has 0 spiro atoms. The molecule has 1 aromatic heterocycles. The molecule has 0 aliphatic carbocycles. The lowest BCUT2D eigenvalue weighted by Crippen LogP contribution is -2.01. The Morgan fingerprint density at radius 3 is 2.64 bits per heavy atom. The summed E-state index contributed by atoms with van der Waals surface area (Å²) in [5.74, 6) is 1.24. The Balaban J connectivity index is 0.000001000. The van der Waals surface area contributed by atoms with Gasteiger partial charge in [0.2, 0.25) is 0 Å². The van der Waals surface area contributed by atoms with E-state index in [4.69, 9.17) is 5.73 Å². The van der Waals surface area contributed by atoms with Crippen LogP contribution in [0.5, 0.6) is 0 Å². The van der Waals surface area contributed by atoms with Gasteiger partial charge in [-0.2, -0.15) is 0 Å². The van der Waals surface area contributed by atoms with Crippen molar-refractivity contribution in [1.29, 1.82) is 0 Å². The molecule has 1 heterocycles. The Morgan fingerprint density at radius 1 is 1.64 bits per heavy atom. The van der Waals surface area contributed by atoms with Gasteiger partial charge >= 0.3 is 0 Å². The molecular formula is C7H14ClN3. The van der Waals surface area contributed by atoms with Crippen LogP contribution in [0.3, 0.4) is 0 Å². The molecule has 4 heteroatoms. The van der Waals surface area contributed by atoms with Gasteiger partial charge in [0.05, 0.1) is 6.33 Å². The molecule has 0 radical (unpaired) electrons. The molecule has 0 aliphatic heterocycles. The number of imidazole rings is 1. The maximum Gasteiger partial charge on any atom is 0.141 e. The topological polar surface area (TPSA) is 43.8 Å². The summed E-state index contributed by atoms with van der Waals surface area (Å²) in [5.41, 5.74) is 5.42. The van der Waals surface area contributed by atoms with Gasteiger partial charge in [-0.1, -0.05) is 13.8 Å². The summed E-state index contributed by atoms with van der Waals surface area (Å²) in [5, 5.41) is 0. The molecule has 1 rings (SSSR count). The van der Waals surface area contributed by atoms with Crippen molar-refractivity contribution in [2.75, 3.05) is 5.73 Å². The molecule has 3 nitrogen and oxygen atoms in total. The summed E-state index contributed by atoms with van der Waals surface area (Å²) < 4.78 is 2.00. The van der Waals surface area contributed by atoms with Gasteiger partial charge in [0.15, 0.2) is 0 Å². The van der Waals surface area contributed by atoms with Crippen molar-refractivity contribution in [1.82, 2.24) is 9.55 Å². The van der Waals surface area contributed by atoms with E-state index < -0.39 is 0 Å². The van der Waals surface area contributed by atoms with Gasteiger partial charge in [-0.05, 0) is 5.92 Å². The maximum atomic E-state index is 5.42. The molecule has 0 bridgehead atoms. The second kappa shape index (κ2) is 4.23. The first-order chi connectivity index (χ1) is 4.68. The molecule has 2 N–H and O–H groups in total. The highest BCUT2D eigenvalue weighted by Crippen LogP contribution is 2.01. The van der Waals surface area contributed by atoms with E-state index in [1.165, 1.54) is 0 Å². The van der Waals surface area contributed by atoms with Crippen LogP contribution in [-0.2, 0) is 6.54 Å². The zero-order valence-electron chi connectivity index (χ0n) is 6.82. The Kier molecular flexibility index (Phi) is 3.97. The number of halogens is 1. The van der Waals surface area contributed by atoms with Crippen molar-refractivity contribution in [3.63, 3.8) is 0 Å². The lowest BCUT2D eigenvalue weighted by Gasteiger charge is -2.03. The predicted molar refractivity (Wildman–Crippen MR) is 48.7 cm³/mol. The number of nitrogens with zero attached hydrogens (tertiary/aromatic N) is 2. The van der Waals surface area contributed by atoms with Crippen LogP contribution in [0.4, 0.5) is 5.82 Å². The second-order valence-electron chi connectivity index (χ2n) is 2.89. The van der Waals surface area contributed by atoms with Crippen LogP contribution >= 0.6 is 12.4 Å². The predicted octanol–water partition coefficient (Wildman–Crippen LogP) is 1.54. The molecule has 0 atom stereocenters. The first-order valence-corrected chi connectivity index (χ1v) is 3.45. The Hall–Kier alpha value is -0.700. The summed E-state index contributed by atoms with van der Waals surface area (Å²) >= 11 is 0. The molecular weight excluding hydrogens is 162 g/mol. The molecule has 0 saturated carbocycles. The van der Waals surface area contributed by atoms with Crippen LogP contribution in [0.25, 0.3) is 0 Å². The quantitative estimate of drug-likeness (QED) is 0.741. The highest BCUT2D eigenvalue weighted by Gasteiger charge is 1.95. The van der Waals surface area contributed by atoms with Gasteiger partial charge in [0, 0.05) is 12.7 Å². The average Bonchev–Trinajstić information content (AvgIpc) is 2.13. The van der Waals surface area contributed by atoms with Gasteiger partial charge in [-0.3, -0.25) is 0 Å². The van der Waals surface area contributed by atoms with E-state index in [0.29, 0.717) is 11.7 Å². The fraction of sp³-hybridized carbons (Fsp3) is 0.571. The molecule has 0 unspecified atom stereocenters. The molecule has 0 amide bonds. The third-order valence-corrected chi connectivity index (χ3v) is 1.23. The fourth-order valence-corrected chi connectivity index (χ4v) is 0.899. The monoisotopic (exact) mass is 175 g/mol. The van der Waals surface area contributed by atoms with E-state index in [2.05, 4.69) is 18.8 Å². The van der Waals surface area contributed by atoms with Crippen LogP contribution < -0.4 is 5.73 Å². The van der Waals surface area contributed by atoms with Crippen molar-refractivity contribution in [2.24, 2.45) is 5.92 Å². The number of nitrogens with two attached hydrogens (primary N) is 1. The molecule has 64 valence electrons. The van der Waals surface area contributed by atoms with E-state index in [9.17, 15) is 0 Å². The zero-order valence-corrected chi connectivity index (χ0v) is 7.64. The molecule has 0 saturated heterocycles. The Morgan fingerprint density at radius 2 is 2.27 bits per heavy atom.